The molecule has 0 bridgehead atoms. The van der Waals surface area contributed by atoms with E-state index >= 15 is 0 Å². The number of halogens is 3. The van der Waals surface area contributed by atoms with E-state index in [0.29, 0.717) is 12.3 Å². The monoisotopic (exact) mass is 330 g/mol. The van der Waals surface area contributed by atoms with E-state index in [-0.39, 0.29) is 11.7 Å². The Labute approximate surface area is 133 Å². The first-order valence-electron chi connectivity index (χ1n) is 7.56. The van der Waals surface area contributed by atoms with Gasteiger partial charge in [-0.25, -0.2) is 5.43 Å². The number of nitrogens with zero attached hydrogens (tertiary/aromatic N) is 1. The number of alkyl halides is 3. The summed E-state index contributed by atoms with van der Waals surface area (Å²) >= 11 is 0. The van der Waals surface area contributed by atoms with E-state index in [9.17, 15) is 18.0 Å². The van der Waals surface area contributed by atoms with Gasteiger partial charge in [0.2, 0.25) is 5.91 Å². The molecule has 1 amide bonds. The summed E-state index contributed by atoms with van der Waals surface area (Å²) < 4.78 is 39.6. The summed E-state index contributed by atoms with van der Waals surface area (Å²) in [6, 6.07) is 1.51. The zero-order valence-corrected chi connectivity index (χ0v) is 13.0. The standard InChI is InChI=1S/C15H21F3N4O/c1-9(2)7-10-8-12(22-21-10)14(23)20-13(15(16,17)18)11-5-3-4-6-19-11/h3-6,9-10,12-13,21-22H,7-8H2,1-2H3,(H,20,23). The van der Waals surface area contributed by atoms with Gasteiger partial charge in [0.25, 0.3) is 0 Å². The van der Waals surface area contributed by atoms with Gasteiger partial charge in [0.05, 0.1) is 5.69 Å². The van der Waals surface area contributed by atoms with Gasteiger partial charge in [-0.3, -0.25) is 15.2 Å². The molecule has 2 heterocycles. The molecule has 2 rings (SSSR count). The number of hydrogen-bond acceptors (Lipinski definition) is 4. The van der Waals surface area contributed by atoms with Gasteiger partial charge in [-0.2, -0.15) is 13.2 Å². The first kappa shape index (κ1) is 17.7. The normalized spacial score (nSPS) is 23.0. The molecule has 3 unspecified atom stereocenters. The van der Waals surface area contributed by atoms with Gasteiger partial charge in [-0.05, 0) is 30.9 Å². The molecule has 0 saturated carbocycles. The number of nitrogens with one attached hydrogen (secondary N) is 3. The van der Waals surface area contributed by atoms with E-state index in [1.54, 1.807) is 0 Å². The van der Waals surface area contributed by atoms with Crippen LogP contribution in [-0.4, -0.2) is 29.2 Å². The molecule has 1 fully saturated rings. The summed E-state index contributed by atoms with van der Waals surface area (Å²) in [5, 5.41) is 2.06. The summed E-state index contributed by atoms with van der Waals surface area (Å²) in [5.74, 6) is -0.246. The number of hydrazine groups is 1. The molecule has 23 heavy (non-hydrogen) atoms. The predicted molar refractivity (Wildman–Crippen MR) is 79.1 cm³/mol. The van der Waals surface area contributed by atoms with Crippen molar-refractivity contribution in [3.8, 4) is 0 Å². The Morgan fingerprint density at radius 1 is 1.39 bits per heavy atom. The molecular weight excluding hydrogens is 309 g/mol. The number of aromatic nitrogens is 1. The lowest BCUT2D eigenvalue weighted by atomic mass is 9.99. The van der Waals surface area contributed by atoms with Crippen LogP contribution in [0.5, 0.6) is 0 Å². The third kappa shape index (κ3) is 4.90. The minimum Gasteiger partial charge on any atom is -0.338 e. The van der Waals surface area contributed by atoms with Crippen LogP contribution in [-0.2, 0) is 4.79 Å². The lowest BCUT2D eigenvalue weighted by Gasteiger charge is -2.22. The summed E-state index contributed by atoms with van der Waals surface area (Å²) in [7, 11) is 0. The van der Waals surface area contributed by atoms with Gasteiger partial charge in [0.15, 0.2) is 6.04 Å². The van der Waals surface area contributed by atoms with E-state index in [4.69, 9.17) is 0 Å². The number of carbonyl (C=O) groups is 1. The minimum atomic E-state index is -4.60. The van der Waals surface area contributed by atoms with Crippen molar-refractivity contribution in [3.63, 3.8) is 0 Å². The molecule has 0 spiro atoms. The van der Waals surface area contributed by atoms with Crippen molar-refractivity contribution in [1.82, 2.24) is 21.2 Å². The predicted octanol–water partition coefficient (Wildman–Crippen LogP) is 2.08. The summed E-state index contributed by atoms with van der Waals surface area (Å²) in [5.41, 5.74) is 5.51. The van der Waals surface area contributed by atoms with Crippen LogP contribution in [0, 0.1) is 5.92 Å². The maximum absolute atomic E-state index is 13.2. The van der Waals surface area contributed by atoms with Gasteiger partial charge in [-0.15, -0.1) is 0 Å². The number of amides is 1. The fourth-order valence-electron chi connectivity index (χ4n) is 2.63. The van der Waals surface area contributed by atoms with E-state index in [0.717, 1.165) is 6.42 Å². The fraction of sp³-hybridized carbons (Fsp3) is 0.600. The number of pyridine rings is 1. The van der Waals surface area contributed by atoms with Gasteiger partial charge in [-0.1, -0.05) is 19.9 Å². The summed E-state index contributed by atoms with van der Waals surface area (Å²) in [4.78, 5) is 15.9. The van der Waals surface area contributed by atoms with Crippen molar-refractivity contribution < 1.29 is 18.0 Å². The van der Waals surface area contributed by atoms with Crippen LogP contribution in [0.3, 0.4) is 0 Å². The van der Waals surface area contributed by atoms with Crippen molar-refractivity contribution in [2.24, 2.45) is 5.92 Å². The third-order valence-electron chi connectivity index (χ3n) is 3.65. The molecule has 1 aromatic heterocycles. The zero-order chi connectivity index (χ0) is 17.0. The van der Waals surface area contributed by atoms with Gasteiger partial charge < -0.3 is 5.32 Å². The molecule has 128 valence electrons. The van der Waals surface area contributed by atoms with Crippen LogP contribution in [0.4, 0.5) is 13.2 Å². The Kier molecular flexibility index (Phi) is 5.59. The van der Waals surface area contributed by atoms with Crippen LogP contribution in [0.2, 0.25) is 0 Å². The van der Waals surface area contributed by atoms with Crippen LogP contribution < -0.4 is 16.2 Å². The van der Waals surface area contributed by atoms with Crippen molar-refractivity contribution in [1.29, 1.82) is 0 Å². The maximum Gasteiger partial charge on any atom is 0.414 e. The van der Waals surface area contributed by atoms with Crippen LogP contribution in [0.1, 0.15) is 38.4 Å². The highest BCUT2D eigenvalue weighted by molar-refractivity contribution is 5.82. The molecule has 1 saturated heterocycles. The lowest BCUT2D eigenvalue weighted by Crippen LogP contribution is -2.47. The van der Waals surface area contributed by atoms with Crippen molar-refractivity contribution in [2.75, 3.05) is 0 Å². The maximum atomic E-state index is 13.2. The Morgan fingerprint density at radius 2 is 2.13 bits per heavy atom. The first-order chi connectivity index (χ1) is 10.8. The Balaban J connectivity index is 2.02. The molecule has 8 heteroatoms. The molecule has 3 atom stereocenters. The Morgan fingerprint density at radius 3 is 2.70 bits per heavy atom. The zero-order valence-electron chi connectivity index (χ0n) is 13.0. The average molecular weight is 330 g/mol. The molecule has 5 nitrogen and oxygen atoms in total. The molecule has 0 aromatic carbocycles. The Bertz CT molecular complexity index is 521. The number of hydrogen-bond donors (Lipinski definition) is 3. The highest BCUT2D eigenvalue weighted by Crippen LogP contribution is 2.31. The number of rotatable bonds is 5. The van der Waals surface area contributed by atoms with Crippen molar-refractivity contribution in [2.45, 2.75) is 51.0 Å². The van der Waals surface area contributed by atoms with Gasteiger partial charge in [0.1, 0.15) is 6.04 Å². The van der Waals surface area contributed by atoms with Crippen molar-refractivity contribution >= 4 is 5.91 Å². The second-order valence-electron chi connectivity index (χ2n) is 6.14. The van der Waals surface area contributed by atoms with E-state index in [1.165, 1.54) is 24.4 Å². The van der Waals surface area contributed by atoms with E-state index in [1.807, 2.05) is 0 Å². The second-order valence-corrected chi connectivity index (χ2v) is 6.14. The minimum absolute atomic E-state index is 0.0740. The molecule has 1 aromatic rings. The molecule has 0 aliphatic carbocycles. The summed E-state index contributed by atoms with van der Waals surface area (Å²) in [6.07, 6.45) is -2.03. The Hall–Kier alpha value is -1.67. The highest BCUT2D eigenvalue weighted by Gasteiger charge is 2.44. The molecule has 0 radical (unpaired) electrons. The quantitative estimate of drug-likeness (QED) is 0.773. The van der Waals surface area contributed by atoms with Crippen LogP contribution in [0.25, 0.3) is 0 Å². The topological polar surface area (TPSA) is 66.0 Å². The second kappa shape index (κ2) is 7.27. The molecule has 1 aliphatic heterocycles. The highest BCUT2D eigenvalue weighted by atomic mass is 19.4. The average Bonchev–Trinajstić information content (AvgIpc) is 2.92. The van der Waals surface area contributed by atoms with Crippen LogP contribution in [0.15, 0.2) is 24.4 Å². The molecular formula is C15H21F3N4O. The third-order valence-corrected chi connectivity index (χ3v) is 3.65. The first-order valence-corrected chi connectivity index (χ1v) is 7.56. The van der Waals surface area contributed by atoms with E-state index in [2.05, 4.69) is 35.0 Å². The van der Waals surface area contributed by atoms with Crippen molar-refractivity contribution in [3.05, 3.63) is 30.1 Å². The lowest BCUT2D eigenvalue weighted by molar-refractivity contribution is -0.164. The summed E-state index contributed by atoms with van der Waals surface area (Å²) in [6.45, 7) is 4.10. The fourth-order valence-corrected chi connectivity index (χ4v) is 2.63. The smallest absolute Gasteiger partial charge is 0.338 e. The van der Waals surface area contributed by atoms with Gasteiger partial charge in [0, 0.05) is 12.2 Å². The number of carbonyl (C=O) groups excluding carboxylic acids is 1. The van der Waals surface area contributed by atoms with Crippen LogP contribution >= 0.6 is 0 Å². The largest absolute Gasteiger partial charge is 0.414 e. The van der Waals surface area contributed by atoms with Gasteiger partial charge >= 0.3 is 6.18 Å². The SMILES string of the molecule is CC(C)CC1CC(C(=O)NC(c2ccccn2)C(F)(F)F)NN1. The van der Waals surface area contributed by atoms with E-state index < -0.39 is 24.2 Å². The molecule has 1 aliphatic rings. The molecule has 3 N–H and O–H groups in total.